The van der Waals surface area contributed by atoms with E-state index in [4.69, 9.17) is 16.3 Å². The maximum absolute atomic E-state index is 11.9. The molecule has 2 atom stereocenters. The average Bonchev–Trinajstić information content (AvgIpc) is 2.39. The third-order valence-electron chi connectivity index (χ3n) is 3.43. The molecule has 5 heteroatoms. The van der Waals surface area contributed by atoms with E-state index in [-0.39, 0.29) is 17.0 Å². The number of carbonyl (C=O) groups excluding carboxylic acids is 1. The lowest BCUT2D eigenvalue weighted by atomic mass is 9.85. The van der Waals surface area contributed by atoms with Crippen molar-refractivity contribution in [2.24, 2.45) is 5.92 Å². The number of esters is 1. The van der Waals surface area contributed by atoms with Gasteiger partial charge >= 0.3 is 5.97 Å². The monoisotopic (exact) mass is 268 g/mol. The Balaban J connectivity index is 1.92. The maximum atomic E-state index is 11.9. The molecular weight excluding hydrogens is 252 g/mol. The van der Waals surface area contributed by atoms with E-state index in [9.17, 15) is 4.79 Å². The molecule has 0 aromatic carbocycles. The average molecular weight is 269 g/mol. The van der Waals surface area contributed by atoms with Crippen molar-refractivity contribution in [3.63, 3.8) is 0 Å². The van der Waals surface area contributed by atoms with Gasteiger partial charge in [-0.25, -0.2) is 4.79 Å². The summed E-state index contributed by atoms with van der Waals surface area (Å²) in [5.41, 5.74) is 0.220. The van der Waals surface area contributed by atoms with Crippen LogP contribution in [0.4, 0.5) is 0 Å². The van der Waals surface area contributed by atoms with Gasteiger partial charge in [0.2, 0.25) is 0 Å². The van der Waals surface area contributed by atoms with Crippen molar-refractivity contribution >= 4 is 17.6 Å². The van der Waals surface area contributed by atoms with Gasteiger partial charge < -0.3 is 4.74 Å². The molecule has 0 saturated heterocycles. The first-order valence-corrected chi connectivity index (χ1v) is 6.77. The molecule has 1 heterocycles. The summed E-state index contributed by atoms with van der Waals surface area (Å²) in [4.78, 5) is 11.9. The highest BCUT2D eigenvalue weighted by Gasteiger charge is 2.24. The van der Waals surface area contributed by atoms with Gasteiger partial charge in [0.25, 0.3) is 0 Å². The topological polar surface area (TPSA) is 52.1 Å². The zero-order valence-corrected chi connectivity index (χ0v) is 11.2. The van der Waals surface area contributed by atoms with E-state index >= 15 is 0 Å². The lowest BCUT2D eigenvalue weighted by Gasteiger charge is -2.27. The van der Waals surface area contributed by atoms with E-state index in [1.807, 2.05) is 0 Å². The highest BCUT2D eigenvalue weighted by Crippen LogP contribution is 2.28. The molecule has 0 radical (unpaired) electrons. The molecule has 0 aliphatic heterocycles. The molecule has 2 unspecified atom stereocenters. The first-order chi connectivity index (χ1) is 8.69. The predicted molar refractivity (Wildman–Crippen MR) is 68.5 cm³/mol. The second-order valence-corrected chi connectivity index (χ2v) is 5.10. The summed E-state index contributed by atoms with van der Waals surface area (Å²) < 4.78 is 5.46. The van der Waals surface area contributed by atoms with Crippen LogP contribution < -0.4 is 0 Å². The molecule has 0 amide bonds. The number of rotatable bonds is 3. The van der Waals surface area contributed by atoms with E-state index in [0.29, 0.717) is 5.92 Å². The van der Waals surface area contributed by atoms with Crippen LogP contribution in [-0.2, 0) is 4.74 Å². The molecule has 1 saturated carbocycles. The Bertz CT molecular complexity index is 408. The predicted octanol–water partition coefficient (Wildman–Crippen LogP) is 3.26. The van der Waals surface area contributed by atoms with Crippen molar-refractivity contribution in [1.82, 2.24) is 10.2 Å². The van der Waals surface area contributed by atoms with Crippen molar-refractivity contribution in [3.8, 4) is 0 Å². The summed E-state index contributed by atoms with van der Waals surface area (Å²) in [6, 6.07) is 3.08. The van der Waals surface area contributed by atoms with Crippen LogP contribution in [0.2, 0.25) is 5.15 Å². The second kappa shape index (κ2) is 6.14. The normalized spacial score (nSPS) is 23.7. The number of hydrogen-bond donors (Lipinski definition) is 0. The summed E-state index contributed by atoms with van der Waals surface area (Å²) in [5.74, 6) is 0.272. The van der Waals surface area contributed by atoms with Gasteiger partial charge in [-0.15, -0.1) is 10.2 Å². The minimum Gasteiger partial charge on any atom is -0.458 e. The van der Waals surface area contributed by atoms with Crippen LogP contribution in [0.5, 0.6) is 0 Å². The first-order valence-electron chi connectivity index (χ1n) is 6.39. The zero-order valence-electron chi connectivity index (χ0n) is 10.4. The van der Waals surface area contributed by atoms with E-state index in [1.165, 1.54) is 12.5 Å². The lowest BCUT2D eigenvalue weighted by molar-refractivity contribution is 0.0132. The Morgan fingerprint density at radius 3 is 2.94 bits per heavy atom. The van der Waals surface area contributed by atoms with Gasteiger partial charge in [-0.2, -0.15) is 0 Å². The van der Waals surface area contributed by atoms with Crippen LogP contribution in [0.25, 0.3) is 0 Å². The minimum absolute atomic E-state index is 0.0219. The maximum Gasteiger partial charge on any atom is 0.359 e. The third kappa shape index (κ3) is 3.42. The molecule has 4 nitrogen and oxygen atoms in total. The van der Waals surface area contributed by atoms with Gasteiger partial charge in [0.1, 0.15) is 6.10 Å². The molecule has 1 aliphatic carbocycles. The summed E-state index contributed by atoms with van der Waals surface area (Å²) in [7, 11) is 0. The summed E-state index contributed by atoms with van der Waals surface area (Å²) in [6.45, 7) is 2.18. The molecule has 1 fully saturated rings. The van der Waals surface area contributed by atoms with Crippen LogP contribution in [0.3, 0.4) is 0 Å². The molecule has 0 N–H and O–H groups in total. The summed E-state index contributed by atoms with van der Waals surface area (Å²) in [6.07, 6.45) is 5.45. The van der Waals surface area contributed by atoms with Gasteiger partial charge in [-0.3, -0.25) is 0 Å². The van der Waals surface area contributed by atoms with Gasteiger partial charge in [-0.1, -0.05) is 31.4 Å². The molecule has 1 aromatic heterocycles. The van der Waals surface area contributed by atoms with Crippen molar-refractivity contribution in [2.45, 2.75) is 45.1 Å². The van der Waals surface area contributed by atoms with Gasteiger partial charge in [0, 0.05) is 0 Å². The smallest absolute Gasteiger partial charge is 0.359 e. The third-order valence-corrected chi connectivity index (χ3v) is 3.63. The van der Waals surface area contributed by atoms with Gasteiger partial charge in [0.05, 0.1) is 0 Å². The number of hydrogen-bond acceptors (Lipinski definition) is 4. The van der Waals surface area contributed by atoms with E-state index in [2.05, 4.69) is 17.1 Å². The Morgan fingerprint density at radius 2 is 2.28 bits per heavy atom. The van der Waals surface area contributed by atoms with Crippen molar-refractivity contribution in [2.75, 3.05) is 0 Å². The molecule has 2 rings (SSSR count). The molecular formula is C13H17ClN2O2. The van der Waals surface area contributed by atoms with Gasteiger partial charge in [-0.05, 0) is 37.3 Å². The Labute approximate surface area is 112 Å². The second-order valence-electron chi connectivity index (χ2n) is 4.71. The van der Waals surface area contributed by atoms with Crippen LogP contribution >= 0.6 is 11.6 Å². The number of halogens is 1. The fourth-order valence-corrected chi connectivity index (χ4v) is 2.46. The number of nitrogens with zero attached hydrogens (tertiary/aromatic N) is 2. The van der Waals surface area contributed by atoms with Crippen LogP contribution in [0, 0.1) is 5.92 Å². The Kier molecular flexibility index (Phi) is 4.53. The van der Waals surface area contributed by atoms with E-state index < -0.39 is 5.97 Å². The first kappa shape index (κ1) is 13.3. The highest BCUT2D eigenvalue weighted by atomic mass is 35.5. The lowest BCUT2D eigenvalue weighted by Crippen LogP contribution is -2.25. The molecule has 0 spiro atoms. The van der Waals surface area contributed by atoms with Crippen molar-refractivity contribution < 1.29 is 9.53 Å². The van der Waals surface area contributed by atoms with Crippen LogP contribution in [0.1, 0.15) is 49.5 Å². The van der Waals surface area contributed by atoms with Crippen molar-refractivity contribution in [1.29, 1.82) is 0 Å². The molecule has 98 valence electrons. The number of ether oxygens (including phenoxy) is 1. The summed E-state index contributed by atoms with van der Waals surface area (Å²) in [5, 5.41) is 7.64. The molecule has 1 aromatic rings. The van der Waals surface area contributed by atoms with E-state index in [1.54, 1.807) is 6.07 Å². The van der Waals surface area contributed by atoms with Crippen molar-refractivity contribution in [3.05, 3.63) is 23.0 Å². The Hall–Kier alpha value is -1.16. The quantitative estimate of drug-likeness (QED) is 0.790. The fraction of sp³-hybridized carbons (Fsp3) is 0.615. The highest BCUT2D eigenvalue weighted by molar-refractivity contribution is 6.29. The van der Waals surface area contributed by atoms with Gasteiger partial charge in [0.15, 0.2) is 10.8 Å². The Morgan fingerprint density at radius 1 is 1.44 bits per heavy atom. The van der Waals surface area contributed by atoms with Crippen LogP contribution in [-0.4, -0.2) is 22.3 Å². The zero-order chi connectivity index (χ0) is 13.0. The van der Waals surface area contributed by atoms with Crippen LogP contribution in [0.15, 0.2) is 12.1 Å². The number of carbonyl (C=O) groups is 1. The van der Waals surface area contributed by atoms with E-state index in [0.717, 1.165) is 25.7 Å². The minimum atomic E-state index is -0.402. The molecule has 0 bridgehead atoms. The fourth-order valence-electron chi connectivity index (χ4n) is 2.36. The summed E-state index contributed by atoms with van der Waals surface area (Å²) >= 11 is 5.62. The SMILES string of the molecule is CCC1CCCC(OC(=O)c2ccc(Cl)nn2)C1. The molecule has 1 aliphatic rings. The molecule has 18 heavy (non-hydrogen) atoms. The largest absolute Gasteiger partial charge is 0.458 e. The standard InChI is InChI=1S/C13H17ClN2O2/c1-2-9-4-3-5-10(8-9)18-13(17)11-6-7-12(14)16-15-11/h6-7,9-10H,2-5,8H2,1H3. The number of aromatic nitrogens is 2.